The average Bonchev–Trinajstić information content (AvgIpc) is 2.54. The van der Waals surface area contributed by atoms with Crippen molar-refractivity contribution in [1.82, 2.24) is 4.83 Å². The maximum Gasteiger partial charge on any atom is 0.276 e. The zero-order chi connectivity index (χ0) is 18.1. The molecule has 0 aliphatic rings. The van der Waals surface area contributed by atoms with Gasteiger partial charge in [0.2, 0.25) is 5.82 Å². The maximum atomic E-state index is 13.4. The van der Waals surface area contributed by atoms with Crippen LogP contribution < -0.4 is 4.83 Å². The lowest BCUT2D eigenvalue weighted by molar-refractivity contribution is 0.377. The van der Waals surface area contributed by atoms with Crippen LogP contribution in [0.3, 0.4) is 0 Å². The number of hydrogen-bond acceptors (Lipinski definition) is 3. The standard InChI is InChI=1S/C14H9F5N2O2S/c1-7-2-4-8(5-3-7)24(22,23)21-20-6-9-10(15)12(17)14(19)13(18)11(9)16/h2-6,21H,1H3/b20-6+. The fraction of sp³-hybridized carbons (Fsp3) is 0.0714. The molecule has 0 aliphatic carbocycles. The Balaban J connectivity index is 2.31. The highest BCUT2D eigenvalue weighted by Gasteiger charge is 2.24. The summed E-state index contributed by atoms with van der Waals surface area (Å²) in [5.74, 6) is -10.9. The summed E-state index contributed by atoms with van der Waals surface area (Å²) in [6, 6.07) is 5.52. The third kappa shape index (κ3) is 3.37. The van der Waals surface area contributed by atoms with Crippen LogP contribution in [0.25, 0.3) is 0 Å². The van der Waals surface area contributed by atoms with Gasteiger partial charge in [-0.3, -0.25) is 0 Å². The maximum absolute atomic E-state index is 13.4. The van der Waals surface area contributed by atoms with E-state index in [2.05, 4.69) is 5.10 Å². The van der Waals surface area contributed by atoms with Gasteiger partial charge in [-0.05, 0) is 19.1 Å². The second-order valence-corrected chi connectivity index (χ2v) is 6.31. The lowest BCUT2D eigenvalue weighted by Crippen LogP contribution is -2.19. The minimum Gasteiger partial charge on any atom is -0.203 e. The van der Waals surface area contributed by atoms with Crippen LogP contribution >= 0.6 is 0 Å². The second-order valence-electron chi connectivity index (χ2n) is 4.65. The van der Waals surface area contributed by atoms with E-state index in [0.717, 1.165) is 5.56 Å². The number of hydrazone groups is 1. The number of nitrogens with zero attached hydrogens (tertiary/aromatic N) is 1. The lowest BCUT2D eigenvalue weighted by atomic mass is 10.2. The van der Waals surface area contributed by atoms with Gasteiger partial charge in [0.25, 0.3) is 10.0 Å². The molecule has 0 bridgehead atoms. The van der Waals surface area contributed by atoms with Crippen LogP contribution in [0.15, 0.2) is 34.3 Å². The normalized spacial score (nSPS) is 11.9. The van der Waals surface area contributed by atoms with E-state index < -0.39 is 44.7 Å². The average molecular weight is 364 g/mol. The Labute approximate surface area is 133 Å². The minimum absolute atomic E-state index is 0.192. The first-order valence-electron chi connectivity index (χ1n) is 6.28. The summed E-state index contributed by atoms with van der Waals surface area (Å²) in [6.07, 6.45) is 0.196. The van der Waals surface area contributed by atoms with Gasteiger partial charge in [0.15, 0.2) is 23.3 Å². The first kappa shape index (κ1) is 17.9. The fourth-order valence-electron chi connectivity index (χ4n) is 1.67. The number of benzene rings is 2. The molecule has 0 saturated carbocycles. The summed E-state index contributed by atoms with van der Waals surface area (Å²) in [5.41, 5.74) is -0.572. The molecule has 0 unspecified atom stereocenters. The predicted octanol–water partition coefficient (Wildman–Crippen LogP) is 3.00. The van der Waals surface area contributed by atoms with Crippen LogP contribution in [-0.2, 0) is 10.0 Å². The van der Waals surface area contributed by atoms with Crippen molar-refractivity contribution >= 4 is 16.2 Å². The van der Waals surface area contributed by atoms with Gasteiger partial charge in [0.05, 0.1) is 16.7 Å². The Morgan fingerprint density at radius 3 is 1.83 bits per heavy atom. The van der Waals surface area contributed by atoms with Crippen LogP contribution in [0.4, 0.5) is 22.0 Å². The molecule has 10 heteroatoms. The third-order valence-corrected chi connectivity index (χ3v) is 4.18. The van der Waals surface area contributed by atoms with Crippen LogP contribution in [0, 0.1) is 36.0 Å². The highest BCUT2D eigenvalue weighted by atomic mass is 32.2. The van der Waals surface area contributed by atoms with Gasteiger partial charge in [-0.1, -0.05) is 17.7 Å². The molecule has 2 aromatic rings. The molecule has 4 nitrogen and oxygen atoms in total. The van der Waals surface area contributed by atoms with Crippen molar-refractivity contribution in [2.45, 2.75) is 11.8 Å². The molecular weight excluding hydrogens is 355 g/mol. The molecule has 0 fully saturated rings. The summed E-state index contributed by atoms with van der Waals surface area (Å²) < 4.78 is 89.4. The summed E-state index contributed by atoms with van der Waals surface area (Å²) in [5, 5.41) is 3.05. The number of sulfonamides is 1. The largest absolute Gasteiger partial charge is 0.276 e. The Kier molecular flexibility index (Phi) is 4.88. The zero-order valence-corrected chi connectivity index (χ0v) is 12.8. The van der Waals surface area contributed by atoms with Crippen molar-refractivity contribution in [2.24, 2.45) is 5.10 Å². The molecule has 2 rings (SSSR count). The van der Waals surface area contributed by atoms with E-state index in [9.17, 15) is 30.4 Å². The molecule has 0 aliphatic heterocycles. The van der Waals surface area contributed by atoms with Gasteiger partial charge < -0.3 is 0 Å². The van der Waals surface area contributed by atoms with E-state index in [1.807, 2.05) is 0 Å². The Hall–Kier alpha value is -2.49. The van der Waals surface area contributed by atoms with Gasteiger partial charge in [-0.15, -0.1) is 0 Å². The molecule has 0 amide bonds. The van der Waals surface area contributed by atoms with Crippen molar-refractivity contribution in [3.05, 3.63) is 64.5 Å². The number of aryl methyl sites for hydroxylation is 1. The third-order valence-electron chi connectivity index (χ3n) is 2.94. The Bertz CT molecular complexity index is 883. The molecular formula is C14H9F5N2O2S. The fourth-order valence-corrected chi connectivity index (χ4v) is 2.46. The molecule has 0 atom stereocenters. The molecule has 1 N–H and O–H groups in total. The summed E-state index contributed by atoms with van der Waals surface area (Å²) >= 11 is 0. The van der Waals surface area contributed by atoms with Crippen molar-refractivity contribution in [1.29, 1.82) is 0 Å². The minimum atomic E-state index is -4.16. The van der Waals surface area contributed by atoms with Crippen LogP contribution in [0.1, 0.15) is 11.1 Å². The highest BCUT2D eigenvalue weighted by Crippen LogP contribution is 2.21. The molecule has 0 heterocycles. The van der Waals surface area contributed by atoms with Crippen LogP contribution in [0.5, 0.6) is 0 Å². The Morgan fingerprint density at radius 2 is 1.33 bits per heavy atom. The summed E-state index contributed by atoms with van der Waals surface area (Å²) in [6.45, 7) is 1.73. The molecule has 2 aromatic carbocycles. The van der Waals surface area contributed by atoms with Crippen molar-refractivity contribution in [3.63, 3.8) is 0 Å². The number of hydrogen-bond donors (Lipinski definition) is 1. The molecule has 0 saturated heterocycles. The molecule has 128 valence electrons. The van der Waals surface area contributed by atoms with Crippen LogP contribution in [0.2, 0.25) is 0 Å². The lowest BCUT2D eigenvalue weighted by Gasteiger charge is -2.05. The van der Waals surface area contributed by atoms with E-state index in [1.54, 1.807) is 11.8 Å². The van der Waals surface area contributed by atoms with Crippen LogP contribution in [-0.4, -0.2) is 14.6 Å². The van der Waals surface area contributed by atoms with E-state index in [-0.39, 0.29) is 11.1 Å². The van der Waals surface area contributed by atoms with E-state index in [1.165, 1.54) is 24.3 Å². The number of rotatable bonds is 4. The van der Waals surface area contributed by atoms with Crippen molar-refractivity contribution < 1.29 is 30.4 Å². The van der Waals surface area contributed by atoms with Gasteiger partial charge >= 0.3 is 0 Å². The van der Waals surface area contributed by atoms with Gasteiger partial charge in [-0.2, -0.15) is 13.5 Å². The SMILES string of the molecule is Cc1ccc(S(=O)(=O)N/N=C/c2c(F)c(F)c(F)c(F)c2F)cc1. The molecule has 0 radical (unpaired) electrons. The second kappa shape index (κ2) is 6.56. The van der Waals surface area contributed by atoms with Gasteiger partial charge in [0.1, 0.15) is 0 Å². The quantitative estimate of drug-likeness (QED) is 0.298. The van der Waals surface area contributed by atoms with E-state index in [0.29, 0.717) is 0 Å². The zero-order valence-electron chi connectivity index (χ0n) is 11.9. The number of halogens is 5. The summed E-state index contributed by atoms with van der Waals surface area (Å²) in [7, 11) is -4.16. The van der Waals surface area contributed by atoms with E-state index >= 15 is 0 Å². The molecule has 0 spiro atoms. The molecule has 24 heavy (non-hydrogen) atoms. The van der Waals surface area contributed by atoms with E-state index in [4.69, 9.17) is 0 Å². The Morgan fingerprint density at radius 1 is 0.875 bits per heavy atom. The van der Waals surface area contributed by atoms with Gasteiger partial charge in [0, 0.05) is 0 Å². The first-order chi connectivity index (χ1) is 11.1. The monoisotopic (exact) mass is 364 g/mol. The molecule has 0 aromatic heterocycles. The smallest absolute Gasteiger partial charge is 0.203 e. The highest BCUT2D eigenvalue weighted by molar-refractivity contribution is 7.89. The number of nitrogens with one attached hydrogen (secondary N) is 1. The van der Waals surface area contributed by atoms with Crippen molar-refractivity contribution in [3.8, 4) is 0 Å². The predicted molar refractivity (Wildman–Crippen MR) is 75.3 cm³/mol. The topological polar surface area (TPSA) is 58.5 Å². The van der Waals surface area contributed by atoms with Gasteiger partial charge in [-0.25, -0.2) is 26.8 Å². The summed E-state index contributed by atoms with van der Waals surface area (Å²) in [4.78, 5) is 1.43. The first-order valence-corrected chi connectivity index (χ1v) is 7.76. The van der Waals surface area contributed by atoms with Crippen molar-refractivity contribution in [2.75, 3.05) is 0 Å².